The van der Waals surface area contributed by atoms with Gasteiger partial charge in [-0.2, -0.15) is 0 Å². The van der Waals surface area contributed by atoms with E-state index < -0.39 is 29.8 Å². The first kappa shape index (κ1) is 18.3. The van der Waals surface area contributed by atoms with E-state index in [1.165, 1.54) is 13.8 Å². The summed E-state index contributed by atoms with van der Waals surface area (Å²) in [7, 11) is 0. The minimum absolute atomic E-state index is 0.193. The Kier molecular flexibility index (Phi) is 4.86. The molecule has 1 aromatic carbocycles. The molecule has 124 valence electrons. The first-order chi connectivity index (χ1) is 10.5. The Morgan fingerprint density at radius 1 is 1.00 bits per heavy atom. The molecule has 0 bridgehead atoms. The lowest BCUT2D eigenvalue weighted by Crippen LogP contribution is -2.39. The molecule has 1 aromatic rings. The summed E-state index contributed by atoms with van der Waals surface area (Å²) >= 11 is 23.6. The minimum atomic E-state index is -1.32. The molecule has 0 saturated carbocycles. The standard InChI is InChI=1S/C13H9Cl4NO5/c1-13(2,3-19)12(22)23-18-10(20)4-5(11(18)21)7(15)9(17)8(16)6(4)14/h19H,3H2,1-2H3. The van der Waals surface area contributed by atoms with Crippen molar-refractivity contribution in [1.82, 2.24) is 5.06 Å². The average molecular weight is 401 g/mol. The molecule has 0 atom stereocenters. The number of imide groups is 1. The van der Waals surface area contributed by atoms with E-state index in [1.54, 1.807) is 0 Å². The molecule has 0 spiro atoms. The predicted molar refractivity (Wildman–Crippen MR) is 83.9 cm³/mol. The van der Waals surface area contributed by atoms with Gasteiger partial charge in [-0.05, 0) is 13.8 Å². The van der Waals surface area contributed by atoms with Crippen LogP contribution in [0.3, 0.4) is 0 Å². The van der Waals surface area contributed by atoms with E-state index >= 15 is 0 Å². The molecule has 0 fully saturated rings. The van der Waals surface area contributed by atoms with Gasteiger partial charge in [0.1, 0.15) is 0 Å². The highest BCUT2D eigenvalue weighted by Crippen LogP contribution is 2.45. The van der Waals surface area contributed by atoms with Gasteiger partial charge in [0.05, 0.1) is 43.2 Å². The van der Waals surface area contributed by atoms with Gasteiger partial charge in [0.25, 0.3) is 11.8 Å². The number of halogens is 4. The molecule has 1 heterocycles. The van der Waals surface area contributed by atoms with Crippen LogP contribution < -0.4 is 0 Å². The lowest BCUT2D eigenvalue weighted by molar-refractivity contribution is -0.181. The molecular formula is C13H9Cl4NO5. The maximum Gasteiger partial charge on any atom is 0.341 e. The van der Waals surface area contributed by atoms with E-state index in [9.17, 15) is 14.4 Å². The minimum Gasteiger partial charge on any atom is -0.395 e. The van der Waals surface area contributed by atoms with E-state index in [1.807, 2.05) is 0 Å². The van der Waals surface area contributed by atoms with Gasteiger partial charge in [-0.1, -0.05) is 51.5 Å². The molecule has 2 amide bonds. The molecule has 0 saturated heterocycles. The Morgan fingerprint density at radius 2 is 1.39 bits per heavy atom. The maximum atomic E-state index is 12.3. The molecule has 1 aliphatic rings. The van der Waals surface area contributed by atoms with Gasteiger partial charge in [0.15, 0.2) is 0 Å². The van der Waals surface area contributed by atoms with Crippen LogP contribution in [-0.2, 0) is 9.63 Å². The summed E-state index contributed by atoms with van der Waals surface area (Å²) in [6.07, 6.45) is 0. The third-order valence-corrected chi connectivity index (χ3v) is 4.99. The van der Waals surface area contributed by atoms with E-state index in [0.717, 1.165) is 0 Å². The van der Waals surface area contributed by atoms with Gasteiger partial charge in [-0.25, -0.2) is 4.79 Å². The summed E-state index contributed by atoms with van der Waals surface area (Å²) in [5, 5.41) is 8.43. The summed E-state index contributed by atoms with van der Waals surface area (Å²) in [5.41, 5.74) is -1.92. The molecule has 0 aromatic heterocycles. The third kappa shape index (κ3) is 2.79. The second-order valence-electron chi connectivity index (χ2n) is 5.33. The van der Waals surface area contributed by atoms with Gasteiger partial charge in [0, 0.05) is 0 Å². The van der Waals surface area contributed by atoms with Crippen molar-refractivity contribution in [1.29, 1.82) is 0 Å². The van der Waals surface area contributed by atoms with Crippen molar-refractivity contribution in [3.05, 3.63) is 31.2 Å². The largest absolute Gasteiger partial charge is 0.395 e. The molecule has 10 heteroatoms. The highest BCUT2D eigenvalue weighted by molar-refractivity contribution is 6.55. The van der Waals surface area contributed by atoms with Gasteiger partial charge < -0.3 is 9.94 Å². The van der Waals surface area contributed by atoms with E-state index in [2.05, 4.69) is 0 Å². The number of carbonyl (C=O) groups excluding carboxylic acids is 3. The van der Waals surface area contributed by atoms with Crippen molar-refractivity contribution in [2.45, 2.75) is 13.8 Å². The number of benzene rings is 1. The second-order valence-corrected chi connectivity index (χ2v) is 6.84. The van der Waals surface area contributed by atoms with Crippen molar-refractivity contribution >= 4 is 64.2 Å². The molecule has 2 rings (SSSR count). The van der Waals surface area contributed by atoms with Crippen LogP contribution >= 0.6 is 46.4 Å². The topological polar surface area (TPSA) is 83.9 Å². The number of fused-ring (bicyclic) bond motifs is 1. The van der Waals surface area contributed by atoms with Crippen LogP contribution in [-0.4, -0.2) is 34.6 Å². The van der Waals surface area contributed by atoms with E-state index in [-0.39, 0.29) is 36.3 Å². The summed E-state index contributed by atoms with van der Waals surface area (Å²) in [6.45, 7) is 2.20. The van der Waals surface area contributed by atoms with Crippen LogP contribution in [0, 0.1) is 5.41 Å². The number of hydroxylamine groups is 2. The zero-order chi connectivity index (χ0) is 17.7. The SMILES string of the molecule is CC(C)(CO)C(=O)ON1C(=O)c2c(Cl)c(Cl)c(Cl)c(Cl)c2C1=O. The highest BCUT2D eigenvalue weighted by atomic mass is 35.5. The van der Waals surface area contributed by atoms with Crippen molar-refractivity contribution in [3.8, 4) is 0 Å². The van der Waals surface area contributed by atoms with Crippen LogP contribution in [0.5, 0.6) is 0 Å². The van der Waals surface area contributed by atoms with Crippen LogP contribution in [0.4, 0.5) is 0 Å². The Morgan fingerprint density at radius 3 is 1.74 bits per heavy atom. The molecule has 1 aliphatic heterocycles. The zero-order valence-electron chi connectivity index (χ0n) is 11.7. The molecule has 6 nitrogen and oxygen atoms in total. The normalized spacial score (nSPS) is 14.3. The number of carbonyl (C=O) groups is 3. The molecule has 0 radical (unpaired) electrons. The molecule has 0 aliphatic carbocycles. The summed E-state index contributed by atoms with van der Waals surface area (Å²) in [6, 6.07) is 0. The van der Waals surface area contributed by atoms with E-state index in [0.29, 0.717) is 0 Å². The predicted octanol–water partition coefficient (Wildman–Crippen LogP) is 3.37. The third-order valence-electron chi connectivity index (χ3n) is 3.19. The number of hydrogen-bond donors (Lipinski definition) is 1. The number of aliphatic hydroxyl groups excluding tert-OH is 1. The fourth-order valence-electron chi connectivity index (χ4n) is 1.68. The Bertz CT molecular complexity index is 700. The smallest absolute Gasteiger partial charge is 0.341 e. The molecule has 23 heavy (non-hydrogen) atoms. The zero-order valence-corrected chi connectivity index (χ0v) is 14.8. The summed E-state index contributed by atoms with van der Waals surface area (Å²) in [4.78, 5) is 41.4. The quantitative estimate of drug-likeness (QED) is 0.477. The van der Waals surface area contributed by atoms with Crippen molar-refractivity contribution < 1.29 is 24.3 Å². The van der Waals surface area contributed by atoms with Gasteiger partial charge >= 0.3 is 5.97 Å². The van der Waals surface area contributed by atoms with E-state index in [4.69, 9.17) is 56.3 Å². The van der Waals surface area contributed by atoms with Gasteiger partial charge in [0.2, 0.25) is 0 Å². The molecule has 1 N–H and O–H groups in total. The first-order valence-electron chi connectivity index (χ1n) is 6.12. The van der Waals surface area contributed by atoms with Crippen LogP contribution in [0.1, 0.15) is 34.6 Å². The van der Waals surface area contributed by atoms with Gasteiger partial charge in [-0.15, -0.1) is 0 Å². The summed E-state index contributed by atoms with van der Waals surface area (Å²) in [5.74, 6) is -2.99. The lowest BCUT2D eigenvalue weighted by Gasteiger charge is -2.22. The first-order valence-corrected chi connectivity index (χ1v) is 7.63. The fraction of sp³-hybridized carbons (Fsp3) is 0.308. The van der Waals surface area contributed by atoms with Crippen LogP contribution in [0.15, 0.2) is 0 Å². The number of nitrogens with zero attached hydrogens (tertiary/aromatic N) is 1. The number of aliphatic hydroxyl groups is 1. The summed E-state index contributed by atoms with van der Waals surface area (Å²) < 4.78 is 0. The maximum absolute atomic E-state index is 12.3. The van der Waals surface area contributed by atoms with Crippen LogP contribution in [0.2, 0.25) is 20.1 Å². The Hall–Kier alpha value is -1.05. The van der Waals surface area contributed by atoms with Crippen molar-refractivity contribution in [2.75, 3.05) is 6.61 Å². The number of hydrogen-bond acceptors (Lipinski definition) is 5. The number of rotatable bonds is 3. The highest BCUT2D eigenvalue weighted by Gasteiger charge is 2.45. The number of amides is 2. The van der Waals surface area contributed by atoms with Crippen molar-refractivity contribution in [2.24, 2.45) is 5.41 Å². The van der Waals surface area contributed by atoms with Crippen molar-refractivity contribution in [3.63, 3.8) is 0 Å². The monoisotopic (exact) mass is 399 g/mol. The Balaban J connectivity index is 2.49. The molecular weight excluding hydrogens is 392 g/mol. The van der Waals surface area contributed by atoms with Crippen LogP contribution in [0.25, 0.3) is 0 Å². The average Bonchev–Trinajstić information content (AvgIpc) is 2.75. The van der Waals surface area contributed by atoms with Gasteiger partial charge in [-0.3, -0.25) is 9.59 Å². The lowest BCUT2D eigenvalue weighted by atomic mass is 9.96. The molecule has 0 unspecified atom stereocenters. The second kappa shape index (κ2) is 6.11. The Labute approximate surface area is 150 Å². The fourth-order valence-corrected chi connectivity index (χ4v) is 2.70.